The van der Waals surface area contributed by atoms with Gasteiger partial charge < -0.3 is 5.32 Å². The van der Waals surface area contributed by atoms with Gasteiger partial charge in [-0.25, -0.2) is 0 Å². The first kappa shape index (κ1) is 9.40. The van der Waals surface area contributed by atoms with Gasteiger partial charge in [-0.15, -0.1) is 0 Å². The van der Waals surface area contributed by atoms with Crippen molar-refractivity contribution in [3.8, 4) is 0 Å². The van der Waals surface area contributed by atoms with E-state index >= 15 is 0 Å². The van der Waals surface area contributed by atoms with Crippen molar-refractivity contribution >= 4 is 11.8 Å². The molecule has 1 aliphatic carbocycles. The molecule has 0 amide bonds. The van der Waals surface area contributed by atoms with Crippen molar-refractivity contribution in [2.24, 2.45) is 5.92 Å². The Morgan fingerprint density at radius 3 is 2.73 bits per heavy atom. The molecule has 66 valence electrons. The largest absolute Gasteiger partial charge is 0.316 e. The second kappa shape index (κ2) is 5.04. The van der Waals surface area contributed by atoms with Crippen LogP contribution in [-0.4, -0.2) is 25.1 Å². The van der Waals surface area contributed by atoms with Crippen molar-refractivity contribution in [1.82, 2.24) is 5.32 Å². The van der Waals surface area contributed by atoms with E-state index in [1.165, 1.54) is 31.4 Å². The molecule has 1 aliphatic rings. The molecule has 0 aliphatic heterocycles. The third kappa shape index (κ3) is 4.02. The van der Waals surface area contributed by atoms with Crippen LogP contribution in [0.25, 0.3) is 0 Å². The quantitative estimate of drug-likeness (QED) is 0.660. The van der Waals surface area contributed by atoms with Gasteiger partial charge in [0.25, 0.3) is 0 Å². The molecule has 0 radical (unpaired) electrons. The summed E-state index contributed by atoms with van der Waals surface area (Å²) in [6.07, 6.45) is 8.00. The van der Waals surface area contributed by atoms with Crippen molar-refractivity contribution in [2.45, 2.75) is 31.7 Å². The Hall–Kier alpha value is 0.310. The fraction of sp³-hybridized carbons (Fsp3) is 1.00. The predicted molar refractivity (Wildman–Crippen MR) is 53.2 cm³/mol. The van der Waals surface area contributed by atoms with Gasteiger partial charge in [0, 0.05) is 11.8 Å². The van der Waals surface area contributed by atoms with Gasteiger partial charge in [-0.3, -0.25) is 0 Å². The Bertz CT molecular complexity index is 102. The molecule has 1 atom stereocenters. The van der Waals surface area contributed by atoms with E-state index in [0.717, 1.165) is 12.0 Å². The molecule has 1 saturated carbocycles. The molecule has 0 aromatic heterocycles. The lowest BCUT2D eigenvalue weighted by molar-refractivity contribution is 0.526. The van der Waals surface area contributed by atoms with Gasteiger partial charge in [-0.2, -0.15) is 11.8 Å². The molecule has 2 heteroatoms. The average molecular weight is 173 g/mol. The lowest BCUT2D eigenvalue weighted by Gasteiger charge is -2.13. The normalized spacial score (nSPS) is 20.2. The molecule has 0 aromatic rings. The zero-order chi connectivity index (χ0) is 8.10. The summed E-state index contributed by atoms with van der Waals surface area (Å²) < 4.78 is 0. The van der Waals surface area contributed by atoms with E-state index in [2.05, 4.69) is 18.6 Å². The third-order valence-electron chi connectivity index (χ3n) is 2.40. The Labute approximate surface area is 74.3 Å². The predicted octanol–water partition coefficient (Wildman–Crippen LogP) is 2.13. The molecule has 0 heterocycles. The molecule has 1 fully saturated rings. The monoisotopic (exact) mass is 173 g/mol. The lowest BCUT2D eigenvalue weighted by Crippen LogP contribution is -2.27. The maximum atomic E-state index is 3.37. The van der Waals surface area contributed by atoms with Gasteiger partial charge in [0.2, 0.25) is 0 Å². The molecule has 0 aromatic carbocycles. The molecule has 1 N–H and O–H groups in total. The second-order valence-electron chi connectivity index (χ2n) is 3.46. The Morgan fingerprint density at radius 1 is 1.55 bits per heavy atom. The first-order valence-corrected chi connectivity index (χ1v) is 5.92. The average Bonchev–Trinajstić information content (AvgIpc) is 2.81. The maximum Gasteiger partial charge on any atom is 0.0155 e. The summed E-state index contributed by atoms with van der Waals surface area (Å²) in [4.78, 5) is 0. The molecule has 0 saturated heterocycles. The number of thioether (sulfide) groups is 1. The third-order valence-corrected chi connectivity index (χ3v) is 3.13. The second-order valence-corrected chi connectivity index (χ2v) is 4.37. The highest BCUT2D eigenvalue weighted by molar-refractivity contribution is 7.98. The van der Waals surface area contributed by atoms with Gasteiger partial charge in [0.15, 0.2) is 0 Å². The Morgan fingerprint density at radius 2 is 2.27 bits per heavy atom. The van der Waals surface area contributed by atoms with E-state index < -0.39 is 0 Å². The highest BCUT2D eigenvalue weighted by Crippen LogP contribution is 2.33. The number of hydrogen-bond donors (Lipinski definition) is 1. The first-order valence-electron chi connectivity index (χ1n) is 4.53. The van der Waals surface area contributed by atoms with Crippen molar-refractivity contribution in [3.63, 3.8) is 0 Å². The van der Waals surface area contributed by atoms with Gasteiger partial charge in [-0.05, 0) is 32.1 Å². The summed E-state index contributed by atoms with van der Waals surface area (Å²) in [6, 6.07) is 0.755. The minimum atomic E-state index is 0.755. The summed E-state index contributed by atoms with van der Waals surface area (Å²) >= 11 is 1.94. The van der Waals surface area contributed by atoms with Crippen molar-refractivity contribution < 1.29 is 0 Å². The molecule has 1 rings (SSSR count). The SMILES string of the molecule is CNC(CCC1CC1)CSC. The zero-order valence-electron chi connectivity index (χ0n) is 7.60. The van der Waals surface area contributed by atoms with Crippen LogP contribution in [0.1, 0.15) is 25.7 Å². The summed E-state index contributed by atoms with van der Waals surface area (Å²) in [5, 5.41) is 3.37. The first-order chi connectivity index (χ1) is 5.36. The van der Waals surface area contributed by atoms with Crippen LogP contribution in [0.4, 0.5) is 0 Å². The minimum Gasteiger partial charge on any atom is -0.316 e. The molecule has 1 unspecified atom stereocenters. The zero-order valence-corrected chi connectivity index (χ0v) is 8.41. The highest BCUT2D eigenvalue weighted by atomic mass is 32.2. The van der Waals surface area contributed by atoms with Gasteiger partial charge in [-0.1, -0.05) is 12.8 Å². The molecule has 0 spiro atoms. The Balaban J connectivity index is 1.98. The standard InChI is InChI=1S/C9H19NS/c1-10-9(7-11-2)6-5-8-3-4-8/h8-10H,3-7H2,1-2H3. The number of nitrogens with one attached hydrogen (secondary N) is 1. The van der Waals surface area contributed by atoms with E-state index in [-0.39, 0.29) is 0 Å². The van der Waals surface area contributed by atoms with Crippen LogP contribution in [0, 0.1) is 5.92 Å². The highest BCUT2D eigenvalue weighted by Gasteiger charge is 2.21. The van der Waals surface area contributed by atoms with Crippen LogP contribution in [-0.2, 0) is 0 Å². The van der Waals surface area contributed by atoms with Gasteiger partial charge in [0.05, 0.1) is 0 Å². The van der Waals surface area contributed by atoms with E-state index in [0.29, 0.717) is 0 Å². The summed E-state index contributed by atoms with van der Waals surface area (Å²) in [5.74, 6) is 2.36. The van der Waals surface area contributed by atoms with E-state index in [9.17, 15) is 0 Å². The van der Waals surface area contributed by atoms with Crippen LogP contribution in [0.15, 0.2) is 0 Å². The fourth-order valence-corrected chi connectivity index (χ4v) is 2.09. The maximum absolute atomic E-state index is 3.37. The van der Waals surface area contributed by atoms with E-state index in [1.54, 1.807) is 0 Å². The van der Waals surface area contributed by atoms with E-state index in [4.69, 9.17) is 0 Å². The molecular weight excluding hydrogens is 154 g/mol. The van der Waals surface area contributed by atoms with Crippen LogP contribution >= 0.6 is 11.8 Å². The van der Waals surface area contributed by atoms with Crippen LogP contribution in [0.5, 0.6) is 0 Å². The number of rotatable bonds is 6. The van der Waals surface area contributed by atoms with E-state index in [1.807, 2.05) is 11.8 Å². The summed E-state index contributed by atoms with van der Waals surface area (Å²) in [5.41, 5.74) is 0. The van der Waals surface area contributed by atoms with Crippen LogP contribution < -0.4 is 5.32 Å². The smallest absolute Gasteiger partial charge is 0.0155 e. The molecule has 1 nitrogen and oxygen atoms in total. The molecule has 0 bridgehead atoms. The topological polar surface area (TPSA) is 12.0 Å². The summed E-state index contributed by atoms with van der Waals surface area (Å²) in [7, 11) is 2.08. The minimum absolute atomic E-state index is 0.755. The van der Waals surface area contributed by atoms with Crippen molar-refractivity contribution in [1.29, 1.82) is 0 Å². The van der Waals surface area contributed by atoms with Crippen molar-refractivity contribution in [2.75, 3.05) is 19.1 Å². The van der Waals surface area contributed by atoms with Crippen LogP contribution in [0.2, 0.25) is 0 Å². The summed E-state index contributed by atoms with van der Waals surface area (Å²) in [6.45, 7) is 0. The molecule has 11 heavy (non-hydrogen) atoms. The Kier molecular flexibility index (Phi) is 4.31. The fourth-order valence-electron chi connectivity index (χ4n) is 1.36. The lowest BCUT2D eigenvalue weighted by atomic mass is 10.1. The van der Waals surface area contributed by atoms with Gasteiger partial charge in [0.1, 0.15) is 0 Å². The molecular formula is C9H19NS. The van der Waals surface area contributed by atoms with Gasteiger partial charge >= 0.3 is 0 Å². The number of hydrogen-bond acceptors (Lipinski definition) is 2. The van der Waals surface area contributed by atoms with Crippen molar-refractivity contribution in [3.05, 3.63) is 0 Å². The van der Waals surface area contributed by atoms with Crippen LogP contribution in [0.3, 0.4) is 0 Å².